The van der Waals surface area contributed by atoms with Gasteiger partial charge in [0.05, 0.1) is 19.8 Å². The first-order valence-electron chi connectivity index (χ1n) is 8.56. The van der Waals surface area contributed by atoms with E-state index in [0.717, 1.165) is 32.8 Å². The maximum atomic E-state index is 12.4. The smallest absolute Gasteiger partial charge is 0.387 e. The van der Waals surface area contributed by atoms with Gasteiger partial charge in [0.15, 0.2) is 11.5 Å². The summed E-state index contributed by atoms with van der Waals surface area (Å²) in [4.78, 5) is 14.1. The topological polar surface area (TPSA) is 60.0 Å². The number of hydrogen-bond donors (Lipinski definition) is 1. The molecule has 1 amide bonds. The maximum Gasteiger partial charge on any atom is 0.387 e. The van der Waals surface area contributed by atoms with Crippen LogP contribution in [0.2, 0.25) is 0 Å². The molecule has 6 nitrogen and oxygen atoms in total. The number of alkyl halides is 2. The summed E-state index contributed by atoms with van der Waals surface area (Å²) in [6, 6.07) is 4.53. The molecule has 1 N–H and O–H groups in total. The number of benzene rings is 1. The van der Waals surface area contributed by atoms with Crippen molar-refractivity contribution in [3.05, 3.63) is 29.8 Å². The van der Waals surface area contributed by atoms with Crippen LogP contribution in [0.1, 0.15) is 12.5 Å². The van der Waals surface area contributed by atoms with Gasteiger partial charge in [-0.1, -0.05) is 6.07 Å². The van der Waals surface area contributed by atoms with Gasteiger partial charge in [-0.3, -0.25) is 9.69 Å². The van der Waals surface area contributed by atoms with Crippen LogP contribution in [0, 0.1) is 0 Å². The number of amides is 1. The summed E-state index contributed by atoms with van der Waals surface area (Å²) in [5.74, 6) is -0.0410. The van der Waals surface area contributed by atoms with Crippen LogP contribution < -0.4 is 14.8 Å². The van der Waals surface area contributed by atoms with Gasteiger partial charge < -0.3 is 19.5 Å². The third kappa shape index (κ3) is 6.97. The van der Waals surface area contributed by atoms with E-state index < -0.39 is 6.61 Å². The summed E-state index contributed by atoms with van der Waals surface area (Å²) in [5, 5.41) is 2.81. The van der Waals surface area contributed by atoms with Crippen molar-refractivity contribution < 1.29 is 27.8 Å². The first-order chi connectivity index (χ1) is 12.6. The monoisotopic (exact) mass is 370 g/mol. The van der Waals surface area contributed by atoms with Crippen molar-refractivity contribution in [1.82, 2.24) is 10.2 Å². The molecule has 0 saturated carbocycles. The van der Waals surface area contributed by atoms with Crippen LogP contribution in [-0.4, -0.2) is 63.4 Å². The van der Waals surface area contributed by atoms with E-state index in [0.29, 0.717) is 18.7 Å². The minimum atomic E-state index is -2.92. The highest BCUT2D eigenvalue weighted by Crippen LogP contribution is 2.30. The normalized spacial score (nSPS) is 15.4. The van der Waals surface area contributed by atoms with Gasteiger partial charge in [0, 0.05) is 32.3 Å². The van der Waals surface area contributed by atoms with E-state index in [1.807, 2.05) is 0 Å². The zero-order valence-electron chi connectivity index (χ0n) is 14.7. The van der Waals surface area contributed by atoms with Gasteiger partial charge in [0.2, 0.25) is 5.91 Å². The molecule has 1 aliphatic heterocycles. The number of morpholine rings is 1. The Hall–Kier alpha value is -2.19. The molecule has 1 saturated heterocycles. The summed E-state index contributed by atoms with van der Waals surface area (Å²) < 4.78 is 39.8. The van der Waals surface area contributed by atoms with E-state index in [9.17, 15) is 13.6 Å². The number of carbonyl (C=O) groups excluding carboxylic acids is 1. The predicted octanol–water partition coefficient (Wildman–Crippen LogP) is 2.15. The molecule has 1 heterocycles. The van der Waals surface area contributed by atoms with Gasteiger partial charge in [-0.25, -0.2) is 0 Å². The van der Waals surface area contributed by atoms with E-state index in [-0.39, 0.29) is 17.4 Å². The minimum Gasteiger partial charge on any atom is -0.490 e. The molecule has 8 heteroatoms. The van der Waals surface area contributed by atoms with Crippen LogP contribution in [-0.2, 0) is 9.53 Å². The standard InChI is InChI=1S/C18H24F2N2O4/c1-2-25-16-13-14(3-5-15(16)26-18(19)20)4-6-17(23)21-7-8-22-9-11-24-12-10-22/h3-6,13,18H,2,7-12H2,1H3,(H,21,23). The number of rotatable bonds is 9. The molecule has 1 fully saturated rings. The fourth-order valence-corrected chi connectivity index (χ4v) is 2.48. The molecule has 26 heavy (non-hydrogen) atoms. The van der Waals surface area contributed by atoms with E-state index in [4.69, 9.17) is 9.47 Å². The van der Waals surface area contributed by atoms with Crippen molar-refractivity contribution in [2.75, 3.05) is 46.0 Å². The highest BCUT2D eigenvalue weighted by Gasteiger charge is 2.11. The lowest BCUT2D eigenvalue weighted by atomic mass is 10.2. The van der Waals surface area contributed by atoms with Crippen LogP contribution in [0.5, 0.6) is 11.5 Å². The summed E-state index contributed by atoms with van der Waals surface area (Å²) >= 11 is 0. The highest BCUT2D eigenvalue weighted by atomic mass is 19.3. The van der Waals surface area contributed by atoms with Crippen LogP contribution >= 0.6 is 0 Å². The lowest BCUT2D eigenvalue weighted by Crippen LogP contribution is -2.41. The van der Waals surface area contributed by atoms with Gasteiger partial charge in [0.1, 0.15) is 0 Å². The molecule has 144 valence electrons. The Labute approximate surface area is 151 Å². The third-order valence-electron chi connectivity index (χ3n) is 3.74. The third-order valence-corrected chi connectivity index (χ3v) is 3.74. The SMILES string of the molecule is CCOc1cc(C=CC(=O)NCCN2CCOCC2)ccc1OC(F)F. The highest BCUT2D eigenvalue weighted by molar-refractivity contribution is 5.91. The average Bonchev–Trinajstić information content (AvgIpc) is 2.62. The molecule has 0 spiro atoms. The van der Waals surface area contributed by atoms with Crippen LogP contribution in [0.15, 0.2) is 24.3 Å². The molecule has 0 atom stereocenters. The van der Waals surface area contributed by atoms with Gasteiger partial charge in [-0.05, 0) is 30.7 Å². The summed E-state index contributed by atoms with van der Waals surface area (Å²) in [6.45, 7) is 3.66. The Balaban J connectivity index is 1.85. The average molecular weight is 370 g/mol. The largest absolute Gasteiger partial charge is 0.490 e. The first-order valence-corrected chi connectivity index (χ1v) is 8.56. The zero-order chi connectivity index (χ0) is 18.8. The van der Waals surface area contributed by atoms with Crippen molar-refractivity contribution in [3.63, 3.8) is 0 Å². The van der Waals surface area contributed by atoms with Gasteiger partial charge in [-0.15, -0.1) is 0 Å². The Morgan fingerprint density at radius 3 is 2.81 bits per heavy atom. The second-order valence-electron chi connectivity index (χ2n) is 5.60. The number of nitrogens with one attached hydrogen (secondary N) is 1. The number of hydrogen-bond acceptors (Lipinski definition) is 5. The van der Waals surface area contributed by atoms with Crippen molar-refractivity contribution in [2.24, 2.45) is 0 Å². The molecular formula is C18H24F2N2O4. The predicted molar refractivity (Wildman–Crippen MR) is 93.5 cm³/mol. The summed E-state index contributed by atoms with van der Waals surface area (Å²) in [5.41, 5.74) is 0.651. The fourth-order valence-electron chi connectivity index (χ4n) is 2.48. The quantitative estimate of drug-likeness (QED) is 0.675. The lowest BCUT2D eigenvalue weighted by Gasteiger charge is -2.26. The Morgan fingerprint density at radius 2 is 2.12 bits per heavy atom. The molecule has 1 aliphatic rings. The number of carbonyl (C=O) groups is 1. The van der Waals surface area contributed by atoms with Gasteiger partial charge in [0.25, 0.3) is 0 Å². The Bertz CT molecular complexity index is 605. The minimum absolute atomic E-state index is 0.0334. The molecule has 0 radical (unpaired) electrons. The number of ether oxygens (including phenoxy) is 3. The first kappa shape index (κ1) is 20.1. The Morgan fingerprint density at radius 1 is 1.35 bits per heavy atom. The molecule has 0 unspecified atom stereocenters. The maximum absolute atomic E-state index is 12.4. The number of nitrogens with zero attached hydrogens (tertiary/aromatic N) is 1. The van der Waals surface area contributed by atoms with E-state index in [2.05, 4.69) is 15.0 Å². The molecule has 0 bridgehead atoms. The molecule has 0 aromatic heterocycles. The molecule has 1 aromatic rings. The lowest BCUT2D eigenvalue weighted by molar-refractivity contribution is -0.116. The fraction of sp³-hybridized carbons (Fsp3) is 0.500. The van der Waals surface area contributed by atoms with Crippen molar-refractivity contribution in [3.8, 4) is 11.5 Å². The molecule has 2 rings (SSSR count). The van der Waals surface area contributed by atoms with Crippen molar-refractivity contribution in [2.45, 2.75) is 13.5 Å². The van der Waals surface area contributed by atoms with Crippen LogP contribution in [0.25, 0.3) is 6.08 Å². The zero-order valence-corrected chi connectivity index (χ0v) is 14.7. The number of halogens is 2. The van der Waals surface area contributed by atoms with Crippen LogP contribution in [0.3, 0.4) is 0 Å². The second kappa shape index (κ2) is 10.7. The van der Waals surface area contributed by atoms with Crippen LogP contribution in [0.4, 0.5) is 8.78 Å². The van der Waals surface area contributed by atoms with E-state index in [1.54, 1.807) is 25.1 Å². The van der Waals surface area contributed by atoms with Crippen molar-refractivity contribution in [1.29, 1.82) is 0 Å². The molecule has 1 aromatic carbocycles. The van der Waals surface area contributed by atoms with Crippen molar-refractivity contribution >= 4 is 12.0 Å². The summed E-state index contributed by atoms with van der Waals surface area (Å²) in [7, 11) is 0. The van der Waals surface area contributed by atoms with E-state index >= 15 is 0 Å². The van der Waals surface area contributed by atoms with Gasteiger partial charge in [-0.2, -0.15) is 8.78 Å². The molecular weight excluding hydrogens is 346 g/mol. The second-order valence-corrected chi connectivity index (χ2v) is 5.60. The summed E-state index contributed by atoms with van der Waals surface area (Å²) in [6.07, 6.45) is 3.00. The molecule has 0 aliphatic carbocycles. The van der Waals surface area contributed by atoms with E-state index in [1.165, 1.54) is 12.1 Å². The Kier molecular flexibility index (Phi) is 8.30. The van der Waals surface area contributed by atoms with Gasteiger partial charge >= 0.3 is 6.61 Å².